The Morgan fingerprint density at radius 3 is 2.50 bits per heavy atom. The summed E-state index contributed by atoms with van der Waals surface area (Å²) in [6.45, 7) is 3.15. The fourth-order valence-electron chi connectivity index (χ4n) is 2.50. The van der Waals surface area contributed by atoms with Crippen LogP contribution in [0.4, 0.5) is 4.79 Å². The summed E-state index contributed by atoms with van der Waals surface area (Å²) in [4.78, 5) is 24.2. The summed E-state index contributed by atoms with van der Waals surface area (Å²) < 4.78 is 0. The third-order valence-electron chi connectivity index (χ3n) is 3.46. The Morgan fingerprint density at radius 1 is 1.28 bits per heavy atom. The van der Waals surface area contributed by atoms with Gasteiger partial charge in [0.15, 0.2) is 0 Å². The van der Waals surface area contributed by atoms with Crippen LogP contribution in [-0.2, 0) is 4.79 Å². The molecule has 18 heavy (non-hydrogen) atoms. The van der Waals surface area contributed by atoms with Gasteiger partial charge in [-0.1, -0.05) is 19.3 Å². The topological polar surface area (TPSA) is 69.6 Å². The molecule has 1 saturated carbocycles. The molecule has 0 heterocycles. The maximum absolute atomic E-state index is 12.0. The Balaban J connectivity index is 2.29. The Kier molecular flexibility index (Phi) is 6.54. The molecule has 0 atom stereocenters. The summed E-state index contributed by atoms with van der Waals surface area (Å²) >= 11 is 0. The number of carboxylic acid groups (broad SMARTS) is 1. The molecular weight excluding hydrogens is 232 g/mol. The lowest BCUT2D eigenvalue weighted by molar-refractivity contribution is -0.137. The second kappa shape index (κ2) is 7.95. The average Bonchev–Trinajstić information content (AvgIpc) is 2.36. The first-order valence-corrected chi connectivity index (χ1v) is 6.91. The highest BCUT2D eigenvalue weighted by molar-refractivity contribution is 5.74. The van der Waals surface area contributed by atoms with Gasteiger partial charge < -0.3 is 15.3 Å². The zero-order valence-electron chi connectivity index (χ0n) is 11.2. The molecule has 104 valence electrons. The molecular formula is C13H24N2O3. The smallest absolute Gasteiger partial charge is 0.317 e. The number of hydrogen-bond acceptors (Lipinski definition) is 2. The minimum Gasteiger partial charge on any atom is -0.481 e. The molecule has 2 amide bonds. The van der Waals surface area contributed by atoms with Crippen molar-refractivity contribution < 1.29 is 14.7 Å². The van der Waals surface area contributed by atoms with Crippen LogP contribution in [-0.4, -0.2) is 41.1 Å². The lowest BCUT2D eigenvalue weighted by Gasteiger charge is -2.33. The second-order valence-corrected chi connectivity index (χ2v) is 4.81. The quantitative estimate of drug-likeness (QED) is 0.716. The van der Waals surface area contributed by atoms with Crippen molar-refractivity contribution in [3.05, 3.63) is 0 Å². The van der Waals surface area contributed by atoms with Crippen LogP contribution in [0.15, 0.2) is 0 Å². The number of hydrogen-bond donors (Lipinski definition) is 2. The maximum Gasteiger partial charge on any atom is 0.317 e. The van der Waals surface area contributed by atoms with Crippen LogP contribution in [0.1, 0.15) is 51.9 Å². The van der Waals surface area contributed by atoms with Crippen LogP contribution >= 0.6 is 0 Å². The zero-order valence-corrected chi connectivity index (χ0v) is 11.2. The van der Waals surface area contributed by atoms with Gasteiger partial charge >= 0.3 is 12.0 Å². The number of aliphatic carboxylic acids is 1. The number of rotatable bonds is 6. The normalized spacial score (nSPS) is 16.3. The molecule has 1 aliphatic carbocycles. The number of amides is 2. The van der Waals surface area contributed by atoms with Crippen molar-refractivity contribution in [1.82, 2.24) is 10.2 Å². The summed E-state index contributed by atoms with van der Waals surface area (Å²) in [7, 11) is 0. The Bertz CT molecular complexity index is 275. The average molecular weight is 256 g/mol. The van der Waals surface area contributed by atoms with Crippen LogP contribution in [0.3, 0.4) is 0 Å². The van der Waals surface area contributed by atoms with Gasteiger partial charge in [-0.3, -0.25) is 4.79 Å². The molecule has 5 heteroatoms. The lowest BCUT2D eigenvalue weighted by atomic mass is 9.94. The van der Waals surface area contributed by atoms with E-state index in [0.29, 0.717) is 19.0 Å². The van der Waals surface area contributed by atoms with E-state index in [2.05, 4.69) is 5.32 Å². The van der Waals surface area contributed by atoms with Gasteiger partial charge in [0.05, 0.1) is 0 Å². The molecule has 5 nitrogen and oxygen atoms in total. The SMILES string of the molecule is CCN(C(=O)NCCCC(=O)O)C1CCCCC1. The summed E-state index contributed by atoms with van der Waals surface area (Å²) in [6.07, 6.45) is 6.46. The maximum atomic E-state index is 12.0. The number of carbonyl (C=O) groups excluding carboxylic acids is 1. The van der Waals surface area contributed by atoms with Crippen LogP contribution in [0.2, 0.25) is 0 Å². The first-order valence-electron chi connectivity index (χ1n) is 6.91. The van der Waals surface area contributed by atoms with Crippen LogP contribution in [0.5, 0.6) is 0 Å². The van der Waals surface area contributed by atoms with Crippen molar-refractivity contribution in [3.63, 3.8) is 0 Å². The standard InChI is InChI=1S/C13H24N2O3/c1-2-15(11-7-4-3-5-8-11)13(18)14-10-6-9-12(16)17/h11H,2-10H2,1H3,(H,14,18)(H,16,17). The molecule has 0 unspecified atom stereocenters. The lowest BCUT2D eigenvalue weighted by Crippen LogP contribution is -2.47. The molecule has 0 aromatic rings. The fourth-order valence-corrected chi connectivity index (χ4v) is 2.50. The third kappa shape index (κ3) is 4.94. The van der Waals surface area contributed by atoms with Crippen molar-refractivity contribution >= 4 is 12.0 Å². The highest BCUT2D eigenvalue weighted by Gasteiger charge is 2.23. The van der Waals surface area contributed by atoms with Crippen LogP contribution in [0.25, 0.3) is 0 Å². The van der Waals surface area contributed by atoms with Gasteiger partial charge in [0.25, 0.3) is 0 Å². The molecule has 0 bridgehead atoms. The second-order valence-electron chi connectivity index (χ2n) is 4.81. The van der Waals surface area contributed by atoms with E-state index < -0.39 is 5.97 Å². The fraction of sp³-hybridized carbons (Fsp3) is 0.846. The summed E-state index contributed by atoms with van der Waals surface area (Å²) in [5.41, 5.74) is 0. The van der Waals surface area contributed by atoms with Gasteiger partial charge in [0.1, 0.15) is 0 Å². The van der Waals surface area contributed by atoms with Crippen LogP contribution < -0.4 is 5.32 Å². The molecule has 2 N–H and O–H groups in total. The molecule has 0 saturated heterocycles. The molecule has 1 fully saturated rings. The van der Waals surface area contributed by atoms with E-state index in [1.807, 2.05) is 11.8 Å². The molecule has 1 aliphatic rings. The molecule has 0 spiro atoms. The van der Waals surface area contributed by atoms with Gasteiger partial charge in [0.2, 0.25) is 0 Å². The number of nitrogens with one attached hydrogen (secondary N) is 1. The molecule has 0 radical (unpaired) electrons. The highest BCUT2D eigenvalue weighted by atomic mass is 16.4. The van der Waals surface area contributed by atoms with Gasteiger partial charge in [-0.25, -0.2) is 4.79 Å². The largest absolute Gasteiger partial charge is 0.481 e. The number of carbonyl (C=O) groups is 2. The minimum absolute atomic E-state index is 0.0465. The van der Waals surface area contributed by atoms with Gasteiger partial charge in [0, 0.05) is 25.6 Å². The number of urea groups is 1. The van der Waals surface area contributed by atoms with Crippen molar-refractivity contribution in [1.29, 1.82) is 0 Å². The van der Waals surface area contributed by atoms with E-state index in [-0.39, 0.29) is 12.5 Å². The van der Waals surface area contributed by atoms with E-state index in [1.165, 1.54) is 19.3 Å². The van der Waals surface area contributed by atoms with E-state index in [1.54, 1.807) is 0 Å². The summed E-state index contributed by atoms with van der Waals surface area (Å²) in [5, 5.41) is 11.3. The monoisotopic (exact) mass is 256 g/mol. The number of carboxylic acids is 1. The van der Waals surface area contributed by atoms with Crippen LogP contribution in [0, 0.1) is 0 Å². The predicted molar refractivity (Wildman–Crippen MR) is 69.5 cm³/mol. The van der Waals surface area contributed by atoms with Crippen molar-refractivity contribution in [3.8, 4) is 0 Å². The molecule has 0 aromatic heterocycles. The van der Waals surface area contributed by atoms with E-state index >= 15 is 0 Å². The van der Waals surface area contributed by atoms with Gasteiger partial charge in [-0.15, -0.1) is 0 Å². The molecule has 1 rings (SSSR count). The molecule has 0 aromatic carbocycles. The third-order valence-corrected chi connectivity index (χ3v) is 3.46. The van der Waals surface area contributed by atoms with E-state index in [0.717, 1.165) is 19.4 Å². The Morgan fingerprint density at radius 2 is 1.94 bits per heavy atom. The van der Waals surface area contributed by atoms with E-state index in [9.17, 15) is 9.59 Å². The Labute approximate surface area is 109 Å². The van der Waals surface area contributed by atoms with Gasteiger partial charge in [-0.2, -0.15) is 0 Å². The van der Waals surface area contributed by atoms with Crippen molar-refractivity contribution in [2.75, 3.05) is 13.1 Å². The zero-order chi connectivity index (χ0) is 13.4. The van der Waals surface area contributed by atoms with Crippen molar-refractivity contribution in [2.24, 2.45) is 0 Å². The predicted octanol–water partition coefficient (Wildman–Crippen LogP) is 2.22. The number of nitrogens with zero attached hydrogens (tertiary/aromatic N) is 1. The van der Waals surface area contributed by atoms with Crippen molar-refractivity contribution in [2.45, 2.75) is 57.9 Å². The first-order chi connectivity index (χ1) is 8.65. The van der Waals surface area contributed by atoms with E-state index in [4.69, 9.17) is 5.11 Å². The Hall–Kier alpha value is -1.26. The molecule has 0 aliphatic heterocycles. The first kappa shape index (κ1) is 14.8. The minimum atomic E-state index is -0.816. The summed E-state index contributed by atoms with van der Waals surface area (Å²) in [6, 6.07) is 0.318. The highest BCUT2D eigenvalue weighted by Crippen LogP contribution is 2.22. The summed E-state index contributed by atoms with van der Waals surface area (Å²) in [5.74, 6) is -0.816. The van der Waals surface area contributed by atoms with Gasteiger partial charge in [-0.05, 0) is 26.2 Å².